The number of piperidine rings is 1. The van der Waals surface area contributed by atoms with Crippen LogP contribution in [0.25, 0.3) is 6.08 Å². The van der Waals surface area contributed by atoms with Gasteiger partial charge in [0.15, 0.2) is 0 Å². The summed E-state index contributed by atoms with van der Waals surface area (Å²) in [6.45, 7) is 5.99. The molecule has 0 saturated carbocycles. The van der Waals surface area contributed by atoms with Crippen molar-refractivity contribution < 1.29 is 4.79 Å². The molecule has 3 heteroatoms. The number of carbonyl (C=O) groups excluding carboxylic acids is 1. The lowest BCUT2D eigenvalue weighted by Crippen LogP contribution is -2.43. The average molecular weight is 258 g/mol. The standard InChI is InChI=1S/C16H22N2O/c1-13-5-7-15(8-6-13)9-10-17-16(19)18-11-3-4-14(2)12-18/h5-10,14H,3-4,11-12H2,1-2H3,(H,17,19)/b10-9+. The predicted octanol–water partition coefficient (Wildman–Crippen LogP) is 3.41. The van der Waals surface area contributed by atoms with E-state index >= 15 is 0 Å². The number of aryl methyl sites for hydroxylation is 1. The van der Waals surface area contributed by atoms with Crippen LogP contribution in [-0.4, -0.2) is 24.0 Å². The molecule has 0 aromatic heterocycles. The zero-order chi connectivity index (χ0) is 13.7. The second kappa shape index (κ2) is 6.41. The number of hydrogen-bond acceptors (Lipinski definition) is 1. The Labute approximate surface area is 115 Å². The van der Waals surface area contributed by atoms with Gasteiger partial charge in [-0.1, -0.05) is 36.8 Å². The summed E-state index contributed by atoms with van der Waals surface area (Å²) >= 11 is 0. The van der Waals surface area contributed by atoms with Gasteiger partial charge < -0.3 is 10.2 Å². The van der Waals surface area contributed by atoms with Crippen molar-refractivity contribution in [2.45, 2.75) is 26.7 Å². The fraction of sp³-hybridized carbons (Fsp3) is 0.438. The molecule has 1 aromatic carbocycles. The van der Waals surface area contributed by atoms with E-state index in [-0.39, 0.29) is 6.03 Å². The summed E-state index contributed by atoms with van der Waals surface area (Å²) in [6, 6.07) is 8.22. The van der Waals surface area contributed by atoms with Gasteiger partial charge in [-0.2, -0.15) is 0 Å². The Bertz CT molecular complexity index is 450. The van der Waals surface area contributed by atoms with Crippen LogP contribution in [0, 0.1) is 12.8 Å². The normalized spacial score (nSPS) is 19.7. The maximum absolute atomic E-state index is 12.0. The van der Waals surface area contributed by atoms with Gasteiger partial charge in [-0.05, 0) is 37.3 Å². The summed E-state index contributed by atoms with van der Waals surface area (Å²) in [6.07, 6.45) is 5.98. The first-order valence-electron chi connectivity index (χ1n) is 6.94. The molecule has 1 aliphatic rings. The zero-order valence-corrected chi connectivity index (χ0v) is 11.7. The second-order valence-electron chi connectivity index (χ2n) is 5.39. The average Bonchev–Trinajstić information content (AvgIpc) is 2.41. The molecule has 1 fully saturated rings. The third-order valence-electron chi connectivity index (χ3n) is 3.50. The number of nitrogens with zero attached hydrogens (tertiary/aromatic N) is 1. The van der Waals surface area contributed by atoms with Crippen LogP contribution in [0.5, 0.6) is 0 Å². The minimum absolute atomic E-state index is 0.00918. The molecule has 102 valence electrons. The van der Waals surface area contributed by atoms with Gasteiger partial charge in [-0.15, -0.1) is 0 Å². The first-order valence-corrected chi connectivity index (χ1v) is 6.94. The molecule has 1 aliphatic heterocycles. The van der Waals surface area contributed by atoms with E-state index in [0.29, 0.717) is 5.92 Å². The van der Waals surface area contributed by atoms with Crippen molar-refractivity contribution in [1.29, 1.82) is 0 Å². The lowest BCUT2D eigenvalue weighted by atomic mass is 10.0. The van der Waals surface area contributed by atoms with Gasteiger partial charge in [0.25, 0.3) is 0 Å². The highest BCUT2D eigenvalue weighted by Crippen LogP contribution is 2.15. The van der Waals surface area contributed by atoms with Gasteiger partial charge in [0.05, 0.1) is 0 Å². The highest BCUT2D eigenvalue weighted by atomic mass is 16.2. The van der Waals surface area contributed by atoms with Gasteiger partial charge in [0, 0.05) is 19.3 Å². The summed E-state index contributed by atoms with van der Waals surface area (Å²) in [7, 11) is 0. The summed E-state index contributed by atoms with van der Waals surface area (Å²) in [4.78, 5) is 13.8. The van der Waals surface area contributed by atoms with E-state index in [0.717, 1.165) is 25.1 Å². The molecule has 0 spiro atoms. The lowest BCUT2D eigenvalue weighted by molar-refractivity contribution is 0.173. The predicted molar refractivity (Wildman–Crippen MR) is 78.7 cm³/mol. The Morgan fingerprint density at radius 2 is 2.11 bits per heavy atom. The van der Waals surface area contributed by atoms with E-state index in [1.165, 1.54) is 12.0 Å². The number of carbonyl (C=O) groups is 1. The van der Waals surface area contributed by atoms with Crippen molar-refractivity contribution in [3.63, 3.8) is 0 Å². The van der Waals surface area contributed by atoms with Crippen molar-refractivity contribution in [1.82, 2.24) is 10.2 Å². The molecule has 0 radical (unpaired) electrons. The van der Waals surface area contributed by atoms with Crippen LogP contribution in [-0.2, 0) is 0 Å². The highest BCUT2D eigenvalue weighted by molar-refractivity contribution is 5.76. The molecule has 3 nitrogen and oxygen atoms in total. The SMILES string of the molecule is Cc1ccc(/C=C/NC(=O)N2CCCC(C)C2)cc1. The minimum Gasteiger partial charge on any atom is -0.324 e. The molecule has 1 heterocycles. The van der Waals surface area contributed by atoms with Crippen LogP contribution in [0.15, 0.2) is 30.5 Å². The Morgan fingerprint density at radius 3 is 2.79 bits per heavy atom. The fourth-order valence-corrected chi connectivity index (χ4v) is 2.35. The second-order valence-corrected chi connectivity index (χ2v) is 5.39. The summed E-state index contributed by atoms with van der Waals surface area (Å²) in [5.41, 5.74) is 2.33. The third kappa shape index (κ3) is 4.12. The molecular weight excluding hydrogens is 236 g/mol. The van der Waals surface area contributed by atoms with Crippen LogP contribution in [0.1, 0.15) is 30.9 Å². The Hall–Kier alpha value is -1.77. The van der Waals surface area contributed by atoms with Crippen molar-refractivity contribution in [3.8, 4) is 0 Å². The third-order valence-corrected chi connectivity index (χ3v) is 3.50. The number of hydrogen-bond donors (Lipinski definition) is 1. The minimum atomic E-state index is 0.00918. The molecule has 19 heavy (non-hydrogen) atoms. The van der Waals surface area contributed by atoms with Crippen molar-refractivity contribution >= 4 is 12.1 Å². The van der Waals surface area contributed by atoms with E-state index in [1.54, 1.807) is 6.20 Å². The van der Waals surface area contributed by atoms with Crippen LogP contribution >= 0.6 is 0 Å². The number of benzene rings is 1. The molecule has 1 atom stereocenters. The van der Waals surface area contributed by atoms with Gasteiger partial charge in [0.1, 0.15) is 0 Å². The number of likely N-dealkylation sites (tertiary alicyclic amines) is 1. The maximum atomic E-state index is 12.0. The van der Waals surface area contributed by atoms with Crippen molar-refractivity contribution in [2.75, 3.05) is 13.1 Å². The molecular formula is C16H22N2O. The topological polar surface area (TPSA) is 32.3 Å². The van der Waals surface area contributed by atoms with E-state index in [4.69, 9.17) is 0 Å². The van der Waals surface area contributed by atoms with Gasteiger partial charge in [0.2, 0.25) is 0 Å². The zero-order valence-electron chi connectivity index (χ0n) is 11.7. The molecule has 1 aromatic rings. The van der Waals surface area contributed by atoms with Gasteiger partial charge in [-0.25, -0.2) is 4.79 Å². The maximum Gasteiger partial charge on any atom is 0.321 e. The van der Waals surface area contributed by atoms with E-state index in [9.17, 15) is 4.79 Å². The number of rotatable bonds is 2. The quantitative estimate of drug-likeness (QED) is 0.866. The van der Waals surface area contributed by atoms with E-state index < -0.39 is 0 Å². The highest BCUT2D eigenvalue weighted by Gasteiger charge is 2.19. The molecule has 1 unspecified atom stereocenters. The first-order chi connectivity index (χ1) is 9.15. The Morgan fingerprint density at radius 1 is 1.37 bits per heavy atom. The summed E-state index contributed by atoms with van der Waals surface area (Å²) < 4.78 is 0. The largest absolute Gasteiger partial charge is 0.324 e. The molecule has 2 amide bonds. The van der Waals surface area contributed by atoms with Crippen molar-refractivity contribution in [2.24, 2.45) is 5.92 Å². The number of nitrogens with one attached hydrogen (secondary N) is 1. The van der Waals surface area contributed by atoms with E-state index in [2.05, 4.69) is 31.3 Å². The van der Waals surface area contributed by atoms with Crippen molar-refractivity contribution in [3.05, 3.63) is 41.6 Å². The molecule has 0 bridgehead atoms. The molecule has 1 N–H and O–H groups in total. The van der Waals surface area contributed by atoms with Crippen LogP contribution in [0.3, 0.4) is 0 Å². The van der Waals surface area contributed by atoms with Gasteiger partial charge in [-0.3, -0.25) is 0 Å². The summed E-state index contributed by atoms with van der Waals surface area (Å²) in [5, 5.41) is 2.84. The lowest BCUT2D eigenvalue weighted by Gasteiger charge is -2.30. The van der Waals surface area contributed by atoms with E-state index in [1.807, 2.05) is 23.1 Å². The summed E-state index contributed by atoms with van der Waals surface area (Å²) in [5.74, 6) is 0.612. The van der Waals surface area contributed by atoms with Crippen LogP contribution in [0.2, 0.25) is 0 Å². The monoisotopic (exact) mass is 258 g/mol. The smallest absolute Gasteiger partial charge is 0.321 e. The number of amides is 2. The van der Waals surface area contributed by atoms with Crippen LogP contribution in [0.4, 0.5) is 4.79 Å². The Kier molecular flexibility index (Phi) is 4.61. The molecule has 2 rings (SSSR count). The van der Waals surface area contributed by atoms with Gasteiger partial charge >= 0.3 is 6.03 Å². The fourth-order valence-electron chi connectivity index (χ4n) is 2.35. The molecule has 0 aliphatic carbocycles. The first kappa shape index (κ1) is 13.7. The Balaban J connectivity index is 1.84. The number of urea groups is 1. The molecule has 1 saturated heterocycles. The van der Waals surface area contributed by atoms with Crippen LogP contribution < -0.4 is 5.32 Å².